The van der Waals surface area contributed by atoms with Crippen LogP contribution in [0.2, 0.25) is 5.02 Å². The van der Waals surface area contributed by atoms with Gasteiger partial charge >= 0.3 is 0 Å². The summed E-state index contributed by atoms with van der Waals surface area (Å²) in [6, 6.07) is 7.64. The number of hydrogen-bond donors (Lipinski definition) is 1. The molecule has 2 N–H and O–H groups in total. The normalized spacial score (nSPS) is 21.6. The van der Waals surface area contributed by atoms with Crippen molar-refractivity contribution in [2.75, 3.05) is 19.8 Å². The minimum absolute atomic E-state index is 0.0992. The fraction of sp³-hybridized carbons (Fsp3) is 0.538. The van der Waals surface area contributed by atoms with Crippen LogP contribution in [0.15, 0.2) is 24.3 Å². The Hall–Kier alpha value is -0.610. The maximum atomic E-state index is 5.95. The number of hydrogen-bond acceptors (Lipinski definition) is 3. The molecule has 1 aromatic rings. The summed E-state index contributed by atoms with van der Waals surface area (Å²) in [7, 11) is 0. The van der Waals surface area contributed by atoms with Gasteiger partial charge in [0.2, 0.25) is 0 Å². The van der Waals surface area contributed by atoms with Gasteiger partial charge in [0.25, 0.3) is 0 Å². The summed E-state index contributed by atoms with van der Waals surface area (Å²) in [6.45, 7) is 1.90. The van der Waals surface area contributed by atoms with Gasteiger partial charge in [-0.25, -0.2) is 0 Å². The van der Waals surface area contributed by atoms with Crippen LogP contribution in [0.5, 0.6) is 0 Å². The molecule has 1 fully saturated rings. The van der Waals surface area contributed by atoms with E-state index < -0.39 is 0 Å². The molecule has 2 rings (SSSR count). The van der Waals surface area contributed by atoms with Crippen molar-refractivity contribution in [1.82, 2.24) is 0 Å². The van der Waals surface area contributed by atoms with Crippen molar-refractivity contribution in [3.8, 4) is 0 Å². The van der Waals surface area contributed by atoms with Crippen molar-refractivity contribution in [3.63, 3.8) is 0 Å². The zero-order valence-electron chi connectivity index (χ0n) is 9.77. The van der Waals surface area contributed by atoms with Crippen molar-refractivity contribution < 1.29 is 9.47 Å². The zero-order chi connectivity index (χ0) is 12.1. The first-order chi connectivity index (χ1) is 8.29. The van der Waals surface area contributed by atoms with Gasteiger partial charge in [-0.15, -0.1) is 0 Å². The fourth-order valence-electron chi connectivity index (χ4n) is 2.01. The Kier molecular flexibility index (Phi) is 4.80. The molecule has 0 bridgehead atoms. The smallest absolute Gasteiger partial charge is 0.0948 e. The molecule has 2 atom stereocenters. The molecule has 0 radical (unpaired) electrons. The highest BCUT2D eigenvalue weighted by molar-refractivity contribution is 6.30. The second-order valence-corrected chi connectivity index (χ2v) is 4.68. The first-order valence-electron chi connectivity index (χ1n) is 5.98. The summed E-state index contributed by atoms with van der Waals surface area (Å²) in [5, 5.41) is 0.710. The summed E-state index contributed by atoms with van der Waals surface area (Å²) in [5.41, 5.74) is 6.76. The van der Waals surface area contributed by atoms with Gasteiger partial charge in [0.05, 0.1) is 18.8 Å². The maximum Gasteiger partial charge on any atom is 0.0948 e. The Balaban J connectivity index is 1.91. The Morgan fingerprint density at radius 3 is 3.06 bits per heavy atom. The van der Waals surface area contributed by atoms with Crippen LogP contribution >= 0.6 is 11.6 Å². The van der Waals surface area contributed by atoms with E-state index in [-0.39, 0.29) is 12.2 Å². The Morgan fingerprint density at radius 1 is 1.53 bits per heavy atom. The van der Waals surface area contributed by atoms with Gasteiger partial charge < -0.3 is 15.2 Å². The average Bonchev–Trinajstić information content (AvgIpc) is 2.83. The van der Waals surface area contributed by atoms with Crippen molar-refractivity contribution in [2.45, 2.75) is 25.0 Å². The minimum atomic E-state index is -0.0992. The van der Waals surface area contributed by atoms with E-state index in [1.165, 1.54) is 0 Å². The van der Waals surface area contributed by atoms with Gasteiger partial charge in [0.15, 0.2) is 0 Å². The predicted octanol–water partition coefficient (Wildman–Crippen LogP) is 2.54. The molecular weight excluding hydrogens is 238 g/mol. The third-order valence-corrected chi connectivity index (χ3v) is 3.18. The van der Waals surface area contributed by atoms with E-state index in [9.17, 15) is 0 Å². The molecule has 1 aliphatic rings. The third-order valence-electron chi connectivity index (χ3n) is 2.94. The van der Waals surface area contributed by atoms with Crippen molar-refractivity contribution >= 4 is 11.6 Å². The molecule has 1 saturated heterocycles. The molecule has 1 aromatic carbocycles. The zero-order valence-corrected chi connectivity index (χ0v) is 10.5. The molecule has 1 heterocycles. The van der Waals surface area contributed by atoms with E-state index in [1.807, 2.05) is 24.3 Å². The van der Waals surface area contributed by atoms with Crippen LogP contribution in [-0.4, -0.2) is 25.9 Å². The van der Waals surface area contributed by atoms with E-state index in [0.717, 1.165) is 25.0 Å². The second kappa shape index (κ2) is 6.36. The molecule has 4 heteroatoms. The standard InChI is InChI=1S/C13H18ClNO2/c14-11-4-1-3-10(7-11)13(8-15)17-9-12-5-2-6-16-12/h1,3-4,7,12-13H,2,5-6,8-9,15H2. The molecule has 0 amide bonds. The van der Waals surface area contributed by atoms with Crippen molar-refractivity contribution in [1.29, 1.82) is 0 Å². The number of ether oxygens (including phenoxy) is 2. The summed E-state index contributed by atoms with van der Waals surface area (Å²) in [6.07, 6.45) is 2.33. The average molecular weight is 256 g/mol. The minimum Gasteiger partial charge on any atom is -0.376 e. The monoisotopic (exact) mass is 255 g/mol. The lowest BCUT2D eigenvalue weighted by molar-refractivity contribution is -0.0181. The van der Waals surface area contributed by atoms with Crippen LogP contribution in [0, 0.1) is 0 Å². The molecule has 2 unspecified atom stereocenters. The molecule has 94 valence electrons. The van der Waals surface area contributed by atoms with E-state index in [0.29, 0.717) is 18.2 Å². The molecule has 0 saturated carbocycles. The SMILES string of the molecule is NCC(OCC1CCCO1)c1cccc(Cl)c1. The number of rotatable bonds is 5. The van der Waals surface area contributed by atoms with Crippen molar-refractivity contribution in [3.05, 3.63) is 34.9 Å². The summed E-state index contributed by atoms with van der Waals surface area (Å²) < 4.78 is 11.3. The maximum absolute atomic E-state index is 5.95. The number of benzene rings is 1. The van der Waals surface area contributed by atoms with Crippen LogP contribution in [0.4, 0.5) is 0 Å². The van der Waals surface area contributed by atoms with Gasteiger partial charge in [-0.3, -0.25) is 0 Å². The molecule has 0 aliphatic carbocycles. The quantitative estimate of drug-likeness (QED) is 0.879. The Bertz CT molecular complexity index is 353. The molecule has 3 nitrogen and oxygen atoms in total. The lowest BCUT2D eigenvalue weighted by Crippen LogP contribution is -2.21. The largest absolute Gasteiger partial charge is 0.376 e. The fourth-order valence-corrected chi connectivity index (χ4v) is 2.21. The van der Waals surface area contributed by atoms with E-state index in [4.69, 9.17) is 26.8 Å². The van der Waals surface area contributed by atoms with E-state index in [2.05, 4.69) is 0 Å². The molecule has 0 spiro atoms. The molecule has 17 heavy (non-hydrogen) atoms. The number of halogens is 1. The molecule has 1 aliphatic heterocycles. The predicted molar refractivity (Wildman–Crippen MR) is 68.2 cm³/mol. The first kappa shape index (κ1) is 12.8. The van der Waals surface area contributed by atoms with E-state index >= 15 is 0 Å². The lowest BCUT2D eigenvalue weighted by Gasteiger charge is -2.19. The Morgan fingerprint density at radius 2 is 2.41 bits per heavy atom. The van der Waals surface area contributed by atoms with Crippen LogP contribution < -0.4 is 5.73 Å². The van der Waals surface area contributed by atoms with Gasteiger partial charge in [-0.1, -0.05) is 23.7 Å². The van der Waals surface area contributed by atoms with Crippen molar-refractivity contribution in [2.24, 2.45) is 5.73 Å². The summed E-state index contributed by atoms with van der Waals surface area (Å²) >= 11 is 5.95. The van der Waals surface area contributed by atoms with E-state index in [1.54, 1.807) is 0 Å². The molecule has 0 aromatic heterocycles. The highest BCUT2D eigenvalue weighted by Crippen LogP contribution is 2.22. The van der Waals surface area contributed by atoms with Crippen LogP contribution in [0.25, 0.3) is 0 Å². The van der Waals surface area contributed by atoms with Crippen LogP contribution in [0.3, 0.4) is 0 Å². The second-order valence-electron chi connectivity index (χ2n) is 4.25. The summed E-state index contributed by atoms with van der Waals surface area (Å²) in [5.74, 6) is 0. The summed E-state index contributed by atoms with van der Waals surface area (Å²) in [4.78, 5) is 0. The topological polar surface area (TPSA) is 44.5 Å². The Labute approximate surface area is 107 Å². The number of nitrogens with two attached hydrogens (primary N) is 1. The van der Waals surface area contributed by atoms with Crippen LogP contribution in [-0.2, 0) is 9.47 Å². The highest BCUT2D eigenvalue weighted by Gasteiger charge is 2.18. The van der Waals surface area contributed by atoms with Gasteiger partial charge in [-0.05, 0) is 30.5 Å². The first-order valence-corrected chi connectivity index (χ1v) is 6.36. The van der Waals surface area contributed by atoms with Gasteiger partial charge in [0, 0.05) is 18.2 Å². The third kappa shape index (κ3) is 3.68. The lowest BCUT2D eigenvalue weighted by atomic mass is 10.1. The van der Waals surface area contributed by atoms with Gasteiger partial charge in [-0.2, -0.15) is 0 Å². The highest BCUT2D eigenvalue weighted by atomic mass is 35.5. The van der Waals surface area contributed by atoms with Gasteiger partial charge in [0.1, 0.15) is 0 Å². The molecular formula is C13H18ClNO2. The van der Waals surface area contributed by atoms with Crippen LogP contribution in [0.1, 0.15) is 24.5 Å².